The second kappa shape index (κ2) is 8.73. The van der Waals surface area contributed by atoms with E-state index < -0.39 is 17.9 Å². The van der Waals surface area contributed by atoms with E-state index >= 15 is 0 Å². The Balaban J connectivity index is 1.86. The zero-order valence-electron chi connectivity index (χ0n) is 13.4. The van der Waals surface area contributed by atoms with Gasteiger partial charge >= 0.3 is 0 Å². The van der Waals surface area contributed by atoms with Crippen molar-refractivity contribution in [3.8, 4) is 5.75 Å². The van der Waals surface area contributed by atoms with Crippen molar-refractivity contribution < 1.29 is 29.2 Å². The molecule has 1 heterocycles. The number of benzene rings is 1. The molecule has 7 nitrogen and oxygen atoms in total. The van der Waals surface area contributed by atoms with Crippen molar-refractivity contribution in [1.82, 2.24) is 0 Å². The molecule has 0 bridgehead atoms. The Morgan fingerprint density at radius 1 is 1.29 bits per heavy atom. The lowest BCUT2D eigenvalue weighted by Gasteiger charge is -2.16. The predicted octanol–water partition coefficient (Wildman–Crippen LogP) is -0.111. The maximum Gasteiger partial charge on any atom is 0.230 e. The van der Waals surface area contributed by atoms with Crippen molar-refractivity contribution in [3.05, 3.63) is 48.4 Å². The van der Waals surface area contributed by atoms with E-state index in [1.807, 2.05) is 6.92 Å². The molecule has 0 saturated heterocycles. The van der Waals surface area contributed by atoms with Gasteiger partial charge in [-0.1, -0.05) is 0 Å². The van der Waals surface area contributed by atoms with Gasteiger partial charge in [-0.3, -0.25) is 4.79 Å². The van der Waals surface area contributed by atoms with Gasteiger partial charge in [-0.05, 0) is 43.3 Å². The summed E-state index contributed by atoms with van der Waals surface area (Å²) in [4.78, 5) is 23.2. The third-order valence-corrected chi connectivity index (χ3v) is 3.34. The van der Waals surface area contributed by atoms with Gasteiger partial charge in [0, 0.05) is 5.69 Å². The molecule has 0 fully saturated rings. The number of aliphatic carboxylic acids is 1. The minimum Gasteiger partial charge on any atom is -0.544 e. The molecular formula is C17H20N2O5. The fourth-order valence-electron chi connectivity index (χ4n) is 2.16. The zero-order valence-corrected chi connectivity index (χ0v) is 13.4. The monoisotopic (exact) mass is 332 g/mol. The minimum absolute atomic E-state index is 0.198. The normalized spacial score (nSPS) is 11.7. The van der Waals surface area contributed by atoms with Gasteiger partial charge in [0.1, 0.15) is 18.3 Å². The van der Waals surface area contributed by atoms with Crippen LogP contribution in [-0.4, -0.2) is 24.5 Å². The molecular weight excluding hydrogens is 312 g/mol. The number of carboxylic acid groups (broad SMARTS) is 1. The number of rotatable bonds is 9. The molecule has 0 radical (unpaired) electrons. The van der Waals surface area contributed by atoms with Crippen LogP contribution < -0.4 is 20.5 Å². The fourth-order valence-corrected chi connectivity index (χ4v) is 2.16. The van der Waals surface area contributed by atoms with Crippen LogP contribution in [0.25, 0.3) is 0 Å². The van der Waals surface area contributed by atoms with Gasteiger partial charge in [0.25, 0.3) is 0 Å². The second-order valence-electron chi connectivity index (χ2n) is 5.15. The van der Waals surface area contributed by atoms with Gasteiger partial charge in [0.15, 0.2) is 5.76 Å². The first-order chi connectivity index (χ1) is 11.6. The molecule has 128 valence electrons. The Kier molecular flexibility index (Phi) is 6.39. The largest absolute Gasteiger partial charge is 0.544 e. The van der Waals surface area contributed by atoms with Crippen LogP contribution >= 0.6 is 0 Å². The van der Waals surface area contributed by atoms with Gasteiger partial charge < -0.3 is 29.7 Å². The van der Waals surface area contributed by atoms with Gasteiger partial charge in [-0.15, -0.1) is 0 Å². The molecule has 0 saturated carbocycles. The van der Waals surface area contributed by atoms with Crippen LogP contribution in [0.4, 0.5) is 5.69 Å². The molecule has 1 aromatic carbocycles. The molecule has 3 N–H and O–H groups in total. The highest BCUT2D eigenvalue weighted by Gasteiger charge is 2.19. The standard InChI is InChI=1S/C17H20N2O5/c1-2-23-13-7-5-12(6-8-13)19-16(20)10-15(17(21)22)18-11-14-4-3-9-24-14/h3-9,15,18H,2,10-11H2,1H3,(H,19,20)(H,21,22)/t15-/m1/s1. The number of furan rings is 1. The van der Waals surface area contributed by atoms with Crippen molar-refractivity contribution in [2.75, 3.05) is 11.9 Å². The predicted molar refractivity (Wildman–Crippen MR) is 84.0 cm³/mol. The quantitative estimate of drug-likeness (QED) is 0.666. The van der Waals surface area contributed by atoms with E-state index in [2.05, 4.69) is 5.32 Å². The highest BCUT2D eigenvalue weighted by Crippen LogP contribution is 2.15. The summed E-state index contributed by atoms with van der Waals surface area (Å²) in [5, 5.41) is 15.4. The summed E-state index contributed by atoms with van der Waals surface area (Å²) in [5.41, 5.74) is 0.576. The molecule has 7 heteroatoms. The lowest BCUT2D eigenvalue weighted by atomic mass is 10.2. The van der Waals surface area contributed by atoms with Crippen LogP contribution in [0, 0.1) is 0 Å². The summed E-state index contributed by atoms with van der Waals surface area (Å²) >= 11 is 0. The Morgan fingerprint density at radius 3 is 2.62 bits per heavy atom. The number of quaternary nitrogens is 1. The first-order valence-corrected chi connectivity index (χ1v) is 7.67. The van der Waals surface area contributed by atoms with Crippen LogP contribution in [0.15, 0.2) is 47.1 Å². The molecule has 0 aliphatic rings. The van der Waals surface area contributed by atoms with E-state index in [1.54, 1.807) is 36.4 Å². The molecule has 0 unspecified atom stereocenters. The summed E-state index contributed by atoms with van der Waals surface area (Å²) in [5.74, 6) is -0.351. The van der Waals surface area contributed by atoms with Crippen molar-refractivity contribution in [2.45, 2.75) is 25.9 Å². The summed E-state index contributed by atoms with van der Waals surface area (Å²) in [6.45, 7) is 2.77. The van der Waals surface area contributed by atoms with Crippen molar-refractivity contribution >= 4 is 17.6 Å². The Hall–Kier alpha value is -2.80. The molecule has 1 atom stereocenters. The summed E-state index contributed by atoms with van der Waals surface area (Å²) in [6.07, 6.45) is 1.31. The smallest absolute Gasteiger partial charge is 0.230 e. The number of carbonyl (C=O) groups is 2. The summed E-state index contributed by atoms with van der Waals surface area (Å²) < 4.78 is 10.5. The fraction of sp³-hybridized carbons (Fsp3) is 0.294. The number of amides is 1. The van der Waals surface area contributed by atoms with E-state index in [9.17, 15) is 14.7 Å². The average Bonchev–Trinajstić information content (AvgIpc) is 3.06. The Bertz CT molecular complexity index is 652. The number of hydrogen-bond acceptors (Lipinski definition) is 5. The van der Waals surface area contributed by atoms with Crippen molar-refractivity contribution in [1.29, 1.82) is 0 Å². The zero-order chi connectivity index (χ0) is 17.4. The number of ether oxygens (including phenoxy) is 1. The molecule has 2 aromatic rings. The number of anilines is 1. The van der Waals surface area contributed by atoms with Crippen molar-refractivity contribution in [3.63, 3.8) is 0 Å². The third kappa shape index (κ3) is 5.44. The topological polar surface area (TPSA) is 108 Å². The maximum atomic E-state index is 12.0. The van der Waals surface area contributed by atoms with Gasteiger partial charge in [-0.2, -0.15) is 0 Å². The molecule has 24 heavy (non-hydrogen) atoms. The average molecular weight is 332 g/mol. The van der Waals surface area contributed by atoms with Crippen LogP contribution in [0.3, 0.4) is 0 Å². The number of hydrogen-bond donors (Lipinski definition) is 2. The van der Waals surface area contributed by atoms with E-state index in [0.29, 0.717) is 30.3 Å². The highest BCUT2D eigenvalue weighted by molar-refractivity contribution is 5.93. The van der Waals surface area contributed by atoms with E-state index in [-0.39, 0.29) is 6.42 Å². The van der Waals surface area contributed by atoms with E-state index in [1.165, 1.54) is 11.6 Å². The number of carboxylic acids is 1. The molecule has 0 aliphatic heterocycles. The van der Waals surface area contributed by atoms with Gasteiger partial charge in [-0.25, -0.2) is 0 Å². The Labute approximate surface area is 139 Å². The van der Waals surface area contributed by atoms with Crippen molar-refractivity contribution in [2.24, 2.45) is 0 Å². The number of nitrogens with two attached hydrogens (primary N) is 1. The van der Waals surface area contributed by atoms with Gasteiger partial charge in [0.2, 0.25) is 5.91 Å². The molecule has 1 aromatic heterocycles. The van der Waals surface area contributed by atoms with Crippen LogP contribution in [0.2, 0.25) is 0 Å². The lowest BCUT2D eigenvalue weighted by Crippen LogP contribution is -2.92. The maximum absolute atomic E-state index is 12.0. The highest BCUT2D eigenvalue weighted by atomic mass is 16.5. The summed E-state index contributed by atoms with van der Waals surface area (Å²) in [7, 11) is 0. The molecule has 0 aliphatic carbocycles. The lowest BCUT2D eigenvalue weighted by molar-refractivity contribution is -0.698. The van der Waals surface area contributed by atoms with Crippen LogP contribution in [0.1, 0.15) is 19.1 Å². The van der Waals surface area contributed by atoms with Gasteiger partial charge in [0.05, 0.1) is 25.3 Å². The molecule has 1 amide bonds. The van der Waals surface area contributed by atoms with Crippen LogP contribution in [0.5, 0.6) is 5.75 Å². The van der Waals surface area contributed by atoms with E-state index in [0.717, 1.165) is 0 Å². The SMILES string of the molecule is CCOc1ccc(NC(=O)C[C@@H]([NH2+]Cc2ccco2)C(=O)[O-])cc1. The minimum atomic E-state index is -1.29. The third-order valence-electron chi connectivity index (χ3n) is 3.34. The molecule has 0 spiro atoms. The first kappa shape index (κ1) is 17.6. The number of carbonyl (C=O) groups excluding carboxylic acids is 2. The second-order valence-corrected chi connectivity index (χ2v) is 5.15. The Morgan fingerprint density at radius 2 is 2.04 bits per heavy atom. The van der Waals surface area contributed by atoms with E-state index in [4.69, 9.17) is 9.15 Å². The first-order valence-electron chi connectivity index (χ1n) is 7.67. The molecule has 2 rings (SSSR count). The number of nitrogens with one attached hydrogen (secondary N) is 1. The van der Waals surface area contributed by atoms with Crippen LogP contribution in [-0.2, 0) is 16.1 Å². The summed E-state index contributed by atoms with van der Waals surface area (Å²) in [6, 6.07) is 9.33.